The minimum atomic E-state index is -0.961. The first-order valence-corrected chi connectivity index (χ1v) is 6.84. The Morgan fingerprint density at radius 2 is 1.91 bits per heavy atom. The number of carbonyl (C=O) groups is 1. The highest BCUT2D eigenvalue weighted by atomic mass is 16.6. The maximum Gasteiger partial charge on any atom is 0.335 e. The molecule has 2 N–H and O–H groups in total. The zero-order valence-electron chi connectivity index (χ0n) is 11.5. The van der Waals surface area contributed by atoms with Crippen LogP contribution >= 0.6 is 0 Å². The van der Waals surface area contributed by atoms with Crippen LogP contribution in [-0.4, -0.2) is 34.3 Å². The van der Waals surface area contributed by atoms with Crippen LogP contribution in [0.3, 0.4) is 0 Å². The molecule has 0 atom stereocenters. The van der Waals surface area contributed by atoms with Gasteiger partial charge in [-0.2, -0.15) is 0 Å². The number of imidazole rings is 1. The van der Waals surface area contributed by atoms with Crippen molar-refractivity contribution in [2.45, 2.75) is 0 Å². The van der Waals surface area contributed by atoms with Crippen molar-refractivity contribution in [3.8, 4) is 22.9 Å². The number of ether oxygens (including phenoxy) is 2. The average molecular weight is 296 g/mol. The standard InChI is InChI=1S/C16H12N2O4/c19-16(20)10-1-3-11-12(7-10)18-15(17-11)9-2-4-13-14(8-9)22-6-5-21-13/h1-4,7-8H,5-6H2,(H,17,18)(H,19,20). The first-order valence-electron chi connectivity index (χ1n) is 6.84. The maximum atomic E-state index is 11.0. The Balaban J connectivity index is 1.79. The Hall–Kier alpha value is -3.02. The molecule has 0 amide bonds. The van der Waals surface area contributed by atoms with E-state index in [0.717, 1.165) is 16.8 Å². The van der Waals surface area contributed by atoms with E-state index in [0.29, 0.717) is 30.3 Å². The monoisotopic (exact) mass is 296 g/mol. The highest BCUT2D eigenvalue weighted by molar-refractivity contribution is 5.93. The summed E-state index contributed by atoms with van der Waals surface area (Å²) in [6, 6.07) is 10.4. The second kappa shape index (κ2) is 4.77. The van der Waals surface area contributed by atoms with Crippen molar-refractivity contribution in [1.82, 2.24) is 9.97 Å². The summed E-state index contributed by atoms with van der Waals surface area (Å²) in [5, 5.41) is 9.04. The third-order valence-electron chi connectivity index (χ3n) is 3.54. The van der Waals surface area contributed by atoms with Gasteiger partial charge >= 0.3 is 5.97 Å². The van der Waals surface area contributed by atoms with Crippen LogP contribution in [0.25, 0.3) is 22.4 Å². The van der Waals surface area contributed by atoms with Gasteiger partial charge in [0.05, 0.1) is 16.6 Å². The third kappa shape index (κ3) is 2.05. The number of aromatic nitrogens is 2. The zero-order chi connectivity index (χ0) is 15.1. The summed E-state index contributed by atoms with van der Waals surface area (Å²) in [6.07, 6.45) is 0. The van der Waals surface area contributed by atoms with E-state index in [9.17, 15) is 4.79 Å². The van der Waals surface area contributed by atoms with Crippen molar-refractivity contribution in [3.63, 3.8) is 0 Å². The van der Waals surface area contributed by atoms with Gasteiger partial charge in [-0.15, -0.1) is 0 Å². The summed E-state index contributed by atoms with van der Waals surface area (Å²) in [4.78, 5) is 18.6. The first kappa shape index (κ1) is 12.7. The minimum Gasteiger partial charge on any atom is -0.486 e. The molecule has 0 saturated carbocycles. The molecule has 0 aliphatic carbocycles. The summed E-state index contributed by atoms with van der Waals surface area (Å²) in [5.74, 6) is 1.11. The van der Waals surface area contributed by atoms with Crippen molar-refractivity contribution >= 4 is 17.0 Å². The van der Waals surface area contributed by atoms with Crippen molar-refractivity contribution in [2.75, 3.05) is 13.2 Å². The molecule has 6 nitrogen and oxygen atoms in total. The molecule has 0 saturated heterocycles. The minimum absolute atomic E-state index is 0.227. The van der Waals surface area contributed by atoms with Crippen LogP contribution in [0.1, 0.15) is 10.4 Å². The molecular weight excluding hydrogens is 284 g/mol. The number of nitrogens with zero attached hydrogens (tertiary/aromatic N) is 1. The van der Waals surface area contributed by atoms with Crippen LogP contribution in [0.15, 0.2) is 36.4 Å². The van der Waals surface area contributed by atoms with Gasteiger partial charge in [-0.3, -0.25) is 0 Å². The number of rotatable bonds is 2. The van der Waals surface area contributed by atoms with Gasteiger partial charge in [0.2, 0.25) is 0 Å². The Labute approximate surface area is 125 Å². The molecule has 2 aromatic carbocycles. The largest absolute Gasteiger partial charge is 0.486 e. The van der Waals surface area contributed by atoms with Gasteiger partial charge in [-0.05, 0) is 36.4 Å². The number of aromatic amines is 1. The molecule has 0 fully saturated rings. The summed E-state index contributed by atoms with van der Waals surface area (Å²) < 4.78 is 11.1. The predicted octanol–water partition coefficient (Wildman–Crippen LogP) is 2.70. The van der Waals surface area contributed by atoms with Gasteiger partial charge in [-0.1, -0.05) is 0 Å². The topological polar surface area (TPSA) is 84.4 Å². The van der Waals surface area contributed by atoms with Crippen molar-refractivity contribution in [3.05, 3.63) is 42.0 Å². The number of hydrogen-bond donors (Lipinski definition) is 2. The Morgan fingerprint density at radius 3 is 2.73 bits per heavy atom. The van der Waals surface area contributed by atoms with Gasteiger partial charge in [-0.25, -0.2) is 9.78 Å². The number of H-pyrrole nitrogens is 1. The van der Waals surface area contributed by atoms with Gasteiger partial charge in [0, 0.05) is 5.56 Å². The van der Waals surface area contributed by atoms with Crippen LogP contribution in [0.2, 0.25) is 0 Å². The Kier molecular flexibility index (Phi) is 2.75. The lowest BCUT2D eigenvalue weighted by Crippen LogP contribution is -2.15. The van der Waals surface area contributed by atoms with E-state index in [1.165, 1.54) is 0 Å². The highest BCUT2D eigenvalue weighted by Crippen LogP contribution is 2.34. The summed E-state index contributed by atoms with van der Waals surface area (Å²) in [7, 11) is 0. The summed E-state index contributed by atoms with van der Waals surface area (Å²) >= 11 is 0. The molecular formula is C16H12N2O4. The van der Waals surface area contributed by atoms with Crippen molar-refractivity contribution < 1.29 is 19.4 Å². The fourth-order valence-corrected chi connectivity index (χ4v) is 2.47. The smallest absolute Gasteiger partial charge is 0.335 e. The molecule has 1 aliphatic rings. The van der Waals surface area contributed by atoms with E-state index in [1.54, 1.807) is 18.2 Å². The maximum absolute atomic E-state index is 11.0. The molecule has 0 unspecified atom stereocenters. The summed E-state index contributed by atoms with van der Waals surface area (Å²) in [5.41, 5.74) is 2.49. The van der Waals surface area contributed by atoms with E-state index in [1.807, 2.05) is 18.2 Å². The molecule has 0 spiro atoms. The van der Waals surface area contributed by atoms with E-state index in [4.69, 9.17) is 14.6 Å². The molecule has 0 radical (unpaired) electrons. The Morgan fingerprint density at radius 1 is 1.09 bits per heavy atom. The van der Waals surface area contributed by atoms with Crippen LogP contribution < -0.4 is 9.47 Å². The second-order valence-corrected chi connectivity index (χ2v) is 4.98. The number of aromatic carboxylic acids is 1. The van der Waals surface area contributed by atoms with Crippen molar-refractivity contribution in [2.24, 2.45) is 0 Å². The molecule has 4 rings (SSSR count). The van der Waals surface area contributed by atoms with E-state index >= 15 is 0 Å². The van der Waals surface area contributed by atoms with Crippen molar-refractivity contribution in [1.29, 1.82) is 0 Å². The fourth-order valence-electron chi connectivity index (χ4n) is 2.47. The van der Waals surface area contributed by atoms with Gasteiger partial charge in [0.25, 0.3) is 0 Å². The molecule has 0 bridgehead atoms. The molecule has 2 heterocycles. The Bertz CT molecular complexity index is 885. The normalized spacial score (nSPS) is 13.3. The number of nitrogens with one attached hydrogen (secondary N) is 1. The van der Waals surface area contributed by atoms with Crippen LogP contribution in [-0.2, 0) is 0 Å². The number of carboxylic acids is 1. The second-order valence-electron chi connectivity index (χ2n) is 4.98. The quantitative estimate of drug-likeness (QED) is 0.759. The molecule has 110 valence electrons. The van der Waals surface area contributed by atoms with Crippen LogP contribution in [0.5, 0.6) is 11.5 Å². The van der Waals surface area contributed by atoms with Gasteiger partial charge in [0.15, 0.2) is 11.5 Å². The van der Waals surface area contributed by atoms with E-state index in [2.05, 4.69) is 9.97 Å². The SMILES string of the molecule is O=C(O)c1ccc2nc(-c3ccc4c(c3)OCCO4)[nH]c2c1. The van der Waals surface area contributed by atoms with Crippen LogP contribution in [0.4, 0.5) is 0 Å². The first-order chi connectivity index (χ1) is 10.7. The zero-order valence-corrected chi connectivity index (χ0v) is 11.5. The lowest BCUT2D eigenvalue weighted by Gasteiger charge is -2.18. The van der Waals surface area contributed by atoms with Gasteiger partial charge < -0.3 is 19.6 Å². The molecule has 6 heteroatoms. The van der Waals surface area contributed by atoms with E-state index in [-0.39, 0.29) is 5.56 Å². The third-order valence-corrected chi connectivity index (χ3v) is 3.54. The highest BCUT2D eigenvalue weighted by Gasteiger charge is 2.14. The lowest BCUT2D eigenvalue weighted by molar-refractivity contribution is 0.0697. The predicted molar refractivity (Wildman–Crippen MR) is 79.5 cm³/mol. The number of fused-ring (bicyclic) bond motifs is 2. The molecule has 1 aromatic heterocycles. The molecule has 1 aliphatic heterocycles. The number of benzene rings is 2. The van der Waals surface area contributed by atoms with E-state index < -0.39 is 5.97 Å². The number of hydrogen-bond acceptors (Lipinski definition) is 4. The van der Waals surface area contributed by atoms with Gasteiger partial charge in [0.1, 0.15) is 19.0 Å². The average Bonchev–Trinajstić information content (AvgIpc) is 2.97. The molecule has 22 heavy (non-hydrogen) atoms. The molecule has 3 aromatic rings. The van der Waals surface area contributed by atoms with Crippen LogP contribution in [0, 0.1) is 0 Å². The fraction of sp³-hybridized carbons (Fsp3) is 0.125. The lowest BCUT2D eigenvalue weighted by atomic mass is 10.2. The number of carboxylic acid groups (broad SMARTS) is 1. The summed E-state index contributed by atoms with van der Waals surface area (Å²) in [6.45, 7) is 1.08.